The lowest BCUT2D eigenvalue weighted by Gasteiger charge is -2.13. The molecule has 0 aliphatic heterocycles. The van der Waals surface area contributed by atoms with Gasteiger partial charge in [-0.3, -0.25) is 4.79 Å². The molecule has 1 amide bonds. The highest BCUT2D eigenvalue weighted by Crippen LogP contribution is 2.30. The first-order valence-electron chi connectivity index (χ1n) is 12.8. The molecule has 32 heavy (non-hydrogen) atoms. The molecule has 0 unspecified atom stereocenters. The van der Waals surface area contributed by atoms with E-state index in [0.29, 0.717) is 37.1 Å². The van der Waals surface area contributed by atoms with Crippen LogP contribution in [-0.2, 0) is 4.79 Å². The van der Waals surface area contributed by atoms with E-state index in [0.717, 1.165) is 12.8 Å². The van der Waals surface area contributed by atoms with E-state index in [-0.39, 0.29) is 5.91 Å². The summed E-state index contributed by atoms with van der Waals surface area (Å²) in [6.45, 7) is 6.93. The first-order chi connectivity index (χ1) is 15.7. The monoisotopic (exact) mass is 447 g/mol. The molecule has 0 spiro atoms. The predicted octanol–water partition coefficient (Wildman–Crippen LogP) is 7.25. The molecular formula is C26H45N3O3. The van der Waals surface area contributed by atoms with Crippen LogP contribution in [0.2, 0.25) is 0 Å². The number of carbonyl (C=O) groups is 1. The highest BCUT2D eigenvalue weighted by atomic mass is 16.5. The third kappa shape index (κ3) is 13.3. The summed E-state index contributed by atoms with van der Waals surface area (Å²) in [5.41, 5.74) is 0.425. The number of aromatic nitrogens is 2. The van der Waals surface area contributed by atoms with Gasteiger partial charge in [-0.2, -0.15) is 9.97 Å². The van der Waals surface area contributed by atoms with Gasteiger partial charge >= 0.3 is 0 Å². The normalized spacial score (nSPS) is 11.1. The number of hydrogen-bond donors (Lipinski definition) is 1. The van der Waals surface area contributed by atoms with E-state index in [1.807, 2.05) is 13.8 Å². The SMILES string of the molecule is CCCCCCCCC=CCCCCCCCC(=O)Nc1c(OCC)ncnc1OCC. The van der Waals surface area contributed by atoms with Crippen LogP contribution in [0.5, 0.6) is 11.8 Å². The second kappa shape index (κ2) is 19.6. The maximum atomic E-state index is 12.4. The number of rotatable bonds is 20. The molecule has 0 aliphatic carbocycles. The number of nitrogens with zero attached hydrogens (tertiary/aromatic N) is 2. The second-order valence-electron chi connectivity index (χ2n) is 8.11. The molecule has 0 atom stereocenters. The van der Waals surface area contributed by atoms with Gasteiger partial charge < -0.3 is 14.8 Å². The van der Waals surface area contributed by atoms with E-state index in [1.165, 1.54) is 77.0 Å². The number of unbranched alkanes of at least 4 members (excludes halogenated alkanes) is 11. The minimum absolute atomic E-state index is 0.0562. The Bertz CT molecular complexity index is 610. The topological polar surface area (TPSA) is 73.3 Å². The van der Waals surface area contributed by atoms with Gasteiger partial charge in [-0.05, 0) is 46.0 Å². The minimum Gasteiger partial charge on any atom is -0.476 e. The lowest BCUT2D eigenvalue weighted by Crippen LogP contribution is -2.15. The van der Waals surface area contributed by atoms with E-state index in [2.05, 4.69) is 34.4 Å². The Labute approximate surface area is 195 Å². The van der Waals surface area contributed by atoms with Crippen molar-refractivity contribution in [3.05, 3.63) is 18.5 Å². The Morgan fingerprint density at radius 3 is 1.81 bits per heavy atom. The lowest BCUT2D eigenvalue weighted by molar-refractivity contribution is -0.116. The smallest absolute Gasteiger partial charge is 0.245 e. The minimum atomic E-state index is -0.0562. The van der Waals surface area contributed by atoms with Crippen LogP contribution in [0.1, 0.15) is 111 Å². The zero-order valence-corrected chi connectivity index (χ0v) is 20.7. The van der Waals surface area contributed by atoms with Crippen molar-refractivity contribution >= 4 is 11.6 Å². The summed E-state index contributed by atoms with van der Waals surface area (Å²) in [7, 11) is 0. The quantitative estimate of drug-likeness (QED) is 0.168. The zero-order chi connectivity index (χ0) is 23.3. The second-order valence-corrected chi connectivity index (χ2v) is 8.11. The Morgan fingerprint density at radius 1 is 0.781 bits per heavy atom. The molecule has 0 fully saturated rings. The highest BCUT2D eigenvalue weighted by molar-refractivity contribution is 5.93. The Kier molecular flexibility index (Phi) is 17.1. The molecule has 0 saturated carbocycles. The summed E-state index contributed by atoms with van der Waals surface area (Å²) >= 11 is 0. The average Bonchev–Trinajstić information content (AvgIpc) is 2.79. The van der Waals surface area contributed by atoms with Gasteiger partial charge in [-0.15, -0.1) is 0 Å². The Morgan fingerprint density at radius 2 is 1.28 bits per heavy atom. The summed E-state index contributed by atoms with van der Waals surface area (Å²) in [4.78, 5) is 20.6. The fraction of sp³-hybridized carbons (Fsp3) is 0.731. The third-order valence-corrected chi connectivity index (χ3v) is 5.27. The zero-order valence-electron chi connectivity index (χ0n) is 20.7. The molecule has 6 heteroatoms. The van der Waals surface area contributed by atoms with Crippen molar-refractivity contribution < 1.29 is 14.3 Å². The van der Waals surface area contributed by atoms with Crippen LogP contribution in [0.3, 0.4) is 0 Å². The van der Waals surface area contributed by atoms with Crippen molar-refractivity contribution in [3.8, 4) is 11.8 Å². The summed E-state index contributed by atoms with van der Waals surface area (Å²) in [6, 6.07) is 0. The Hall–Kier alpha value is -2.11. The molecule has 0 aromatic carbocycles. The first-order valence-corrected chi connectivity index (χ1v) is 12.8. The molecule has 1 rings (SSSR count). The van der Waals surface area contributed by atoms with Crippen LogP contribution in [0, 0.1) is 0 Å². The van der Waals surface area contributed by atoms with Crippen molar-refractivity contribution in [2.45, 2.75) is 111 Å². The van der Waals surface area contributed by atoms with Gasteiger partial charge in [0, 0.05) is 6.42 Å². The van der Waals surface area contributed by atoms with Crippen LogP contribution in [0.4, 0.5) is 5.69 Å². The molecule has 182 valence electrons. The molecular weight excluding hydrogens is 402 g/mol. The van der Waals surface area contributed by atoms with Gasteiger partial charge in [0.05, 0.1) is 13.2 Å². The van der Waals surface area contributed by atoms with E-state index in [1.54, 1.807) is 0 Å². The van der Waals surface area contributed by atoms with E-state index >= 15 is 0 Å². The number of carbonyl (C=O) groups excluding carboxylic acids is 1. The van der Waals surface area contributed by atoms with Crippen LogP contribution in [-0.4, -0.2) is 29.1 Å². The Balaban J connectivity index is 2.12. The molecule has 1 aromatic heterocycles. The third-order valence-electron chi connectivity index (χ3n) is 5.27. The van der Waals surface area contributed by atoms with Crippen molar-refractivity contribution in [1.29, 1.82) is 0 Å². The van der Waals surface area contributed by atoms with Crippen LogP contribution in [0.25, 0.3) is 0 Å². The maximum Gasteiger partial charge on any atom is 0.245 e. The van der Waals surface area contributed by atoms with Crippen molar-refractivity contribution in [3.63, 3.8) is 0 Å². The average molecular weight is 448 g/mol. The van der Waals surface area contributed by atoms with Crippen LogP contribution in [0.15, 0.2) is 18.5 Å². The summed E-state index contributed by atoms with van der Waals surface area (Å²) < 4.78 is 11.0. The van der Waals surface area contributed by atoms with Gasteiger partial charge in [0.25, 0.3) is 0 Å². The number of allylic oxidation sites excluding steroid dienone is 2. The van der Waals surface area contributed by atoms with Crippen molar-refractivity contribution in [2.24, 2.45) is 0 Å². The number of hydrogen-bond acceptors (Lipinski definition) is 5. The van der Waals surface area contributed by atoms with Gasteiger partial charge in [-0.1, -0.05) is 70.4 Å². The molecule has 1 aromatic rings. The van der Waals surface area contributed by atoms with E-state index in [9.17, 15) is 4.79 Å². The number of nitrogens with one attached hydrogen (secondary N) is 1. The first kappa shape index (κ1) is 27.9. The van der Waals surface area contributed by atoms with Gasteiger partial charge in [-0.25, -0.2) is 0 Å². The lowest BCUT2D eigenvalue weighted by atomic mass is 10.1. The number of anilines is 1. The summed E-state index contributed by atoms with van der Waals surface area (Å²) in [5, 5.41) is 2.88. The van der Waals surface area contributed by atoms with Crippen molar-refractivity contribution in [2.75, 3.05) is 18.5 Å². The summed E-state index contributed by atoms with van der Waals surface area (Å²) in [5.74, 6) is 0.645. The van der Waals surface area contributed by atoms with Gasteiger partial charge in [0.2, 0.25) is 17.7 Å². The fourth-order valence-corrected chi connectivity index (χ4v) is 3.51. The van der Waals surface area contributed by atoms with E-state index in [4.69, 9.17) is 9.47 Å². The number of amides is 1. The maximum absolute atomic E-state index is 12.4. The highest BCUT2D eigenvalue weighted by Gasteiger charge is 2.16. The summed E-state index contributed by atoms with van der Waals surface area (Å²) in [6.07, 6.45) is 22.7. The molecule has 0 bridgehead atoms. The predicted molar refractivity (Wildman–Crippen MR) is 132 cm³/mol. The van der Waals surface area contributed by atoms with Gasteiger partial charge in [0.1, 0.15) is 6.33 Å². The van der Waals surface area contributed by atoms with Crippen molar-refractivity contribution in [1.82, 2.24) is 9.97 Å². The molecule has 6 nitrogen and oxygen atoms in total. The molecule has 1 heterocycles. The van der Waals surface area contributed by atoms with Crippen LogP contribution < -0.4 is 14.8 Å². The molecule has 1 N–H and O–H groups in total. The number of ether oxygens (including phenoxy) is 2. The molecule has 0 aliphatic rings. The van der Waals surface area contributed by atoms with Gasteiger partial charge in [0.15, 0.2) is 5.69 Å². The molecule has 0 saturated heterocycles. The largest absolute Gasteiger partial charge is 0.476 e. The van der Waals surface area contributed by atoms with E-state index < -0.39 is 0 Å². The standard InChI is InChI=1S/C26H45N3O3/c1-4-7-8-9-10-11-12-13-14-15-16-17-18-19-20-21-23(30)29-24-25(31-5-2)27-22-28-26(24)32-6-3/h13-14,22H,4-12,15-21H2,1-3H3,(H,29,30). The fourth-order valence-electron chi connectivity index (χ4n) is 3.51. The van der Waals surface area contributed by atoms with Crippen LogP contribution >= 0.6 is 0 Å². The molecule has 0 radical (unpaired) electrons.